The van der Waals surface area contributed by atoms with Gasteiger partial charge in [0.15, 0.2) is 11.5 Å². The normalized spacial score (nSPS) is 12.4. The summed E-state index contributed by atoms with van der Waals surface area (Å²) in [7, 11) is 0. The van der Waals surface area contributed by atoms with Crippen LogP contribution < -0.4 is 20.5 Å². The Labute approximate surface area is 167 Å². The van der Waals surface area contributed by atoms with Crippen molar-refractivity contribution in [2.45, 2.75) is 32.7 Å². The summed E-state index contributed by atoms with van der Waals surface area (Å²) in [5.74, 6) is 1.27. The summed E-state index contributed by atoms with van der Waals surface area (Å²) in [6.45, 7) is 7.26. The minimum Gasteiger partial charge on any atom is -0.490 e. The molecule has 1 atom stereocenters. The molecule has 1 unspecified atom stereocenters. The van der Waals surface area contributed by atoms with Crippen molar-refractivity contribution in [1.29, 1.82) is 0 Å². The molecular formula is C21H29ClN2O3. The van der Waals surface area contributed by atoms with E-state index in [1.807, 2.05) is 62.4 Å². The van der Waals surface area contributed by atoms with Crippen LogP contribution in [0.4, 0.5) is 0 Å². The van der Waals surface area contributed by atoms with Crippen LogP contribution in [0.25, 0.3) is 0 Å². The van der Waals surface area contributed by atoms with Gasteiger partial charge in [0, 0.05) is 6.54 Å². The van der Waals surface area contributed by atoms with Gasteiger partial charge in [0.2, 0.25) is 5.91 Å². The topological polar surface area (TPSA) is 73.6 Å². The van der Waals surface area contributed by atoms with Gasteiger partial charge in [-0.3, -0.25) is 4.79 Å². The zero-order valence-corrected chi connectivity index (χ0v) is 17.0. The average molecular weight is 393 g/mol. The largest absolute Gasteiger partial charge is 0.490 e. The molecule has 148 valence electrons. The van der Waals surface area contributed by atoms with Crippen molar-refractivity contribution in [2.24, 2.45) is 5.73 Å². The molecule has 2 aromatic carbocycles. The minimum absolute atomic E-state index is 0. The van der Waals surface area contributed by atoms with E-state index < -0.39 is 5.54 Å². The van der Waals surface area contributed by atoms with Gasteiger partial charge >= 0.3 is 0 Å². The van der Waals surface area contributed by atoms with E-state index in [9.17, 15) is 4.79 Å². The number of nitrogens with one attached hydrogen (secondary N) is 1. The van der Waals surface area contributed by atoms with E-state index in [0.29, 0.717) is 26.2 Å². The lowest BCUT2D eigenvalue weighted by atomic mass is 9.92. The van der Waals surface area contributed by atoms with Crippen LogP contribution in [0.5, 0.6) is 11.5 Å². The number of halogens is 1. The number of carbonyl (C=O) groups is 1. The Bertz CT molecular complexity index is 721. The van der Waals surface area contributed by atoms with E-state index in [4.69, 9.17) is 15.2 Å². The predicted molar refractivity (Wildman–Crippen MR) is 111 cm³/mol. The first-order valence-corrected chi connectivity index (χ1v) is 9.00. The average Bonchev–Trinajstić information content (AvgIpc) is 2.64. The molecule has 27 heavy (non-hydrogen) atoms. The van der Waals surface area contributed by atoms with Gasteiger partial charge in [-0.2, -0.15) is 0 Å². The van der Waals surface area contributed by atoms with Crippen molar-refractivity contribution in [3.63, 3.8) is 0 Å². The van der Waals surface area contributed by atoms with Gasteiger partial charge in [0.25, 0.3) is 0 Å². The number of hydrogen-bond donors (Lipinski definition) is 2. The van der Waals surface area contributed by atoms with Gasteiger partial charge in [-0.05, 0) is 50.5 Å². The molecule has 0 aliphatic carbocycles. The highest BCUT2D eigenvalue weighted by molar-refractivity contribution is 5.87. The molecule has 1 amide bonds. The molecule has 2 rings (SSSR count). The third kappa shape index (κ3) is 6.15. The van der Waals surface area contributed by atoms with Crippen molar-refractivity contribution in [1.82, 2.24) is 5.32 Å². The number of ether oxygens (including phenoxy) is 2. The Morgan fingerprint density at radius 1 is 1.04 bits per heavy atom. The van der Waals surface area contributed by atoms with E-state index >= 15 is 0 Å². The number of carbonyl (C=O) groups excluding carboxylic acids is 1. The van der Waals surface area contributed by atoms with E-state index in [1.54, 1.807) is 6.92 Å². The van der Waals surface area contributed by atoms with Crippen molar-refractivity contribution in [3.05, 3.63) is 59.7 Å². The molecule has 0 aliphatic heterocycles. The smallest absolute Gasteiger partial charge is 0.244 e. The first kappa shape index (κ1) is 22.8. The molecule has 0 spiro atoms. The maximum atomic E-state index is 12.5. The van der Waals surface area contributed by atoms with Gasteiger partial charge in [-0.1, -0.05) is 36.4 Å². The number of rotatable bonds is 9. The van der Waals surface area contributed by atoms with Crippen molar-refractivity contribution in [3.8, 4) is 11.5 Å². The predicted octanol–water partition coefficient (Wildman–Crippen LogP) is 3.44. The lowest BCUT2D eigenvalue weighted by molar-refractivity contribution is -0.126. The molecule has 0 radical (unpaired) electrons. The van der Waals surface area contributed by atoms with Crippen molar-refractivity contribution in [2.75, 3.05) is 19.8 Å². The molecule has 0 saturated heterocycles. The Morgan fingerprint density at radius 2 is 1.67 bits per heavy atom. The number of benzene rings is 2. The van der Waals surface area contributed by atoms with Crippen LogP contribution in [0, 0.1) is 0 Å². The van der Waals surface area contributed by atoms with Crippen molar-refractivity contribution >= 4 is 18.3 Å². The fourth-order valence-corrected chi connectivity index (χ4v) is 2.67. The number of nitrogens with two attached hydrogens (primary N) is 1. The van der Waals surface area contributed by atoms with Gasteiger partial charge < -0.3 is 20.5 Å². The monoisotopic (exact) mass is 392 g/mol. The highest BCUT2D eigenvalue weighted by atomic mass is 35.5. The molecule has 2 aromatic rings. The minimum atomic E-state index is -1.06. The highest BCUT2D eigenvalue weighted by Crippen LogP contribution is 2.28. The van der Waals surface area contributed by atoms with Gasteiger partial charge in [0.05, 0.1) is 13.2 Å². The SMILES string of the molecule is CCOc1ccc(CCNC(=O)C(C)(N)c2ccccc2)cc1OCC.Cl. The lowest BCUT2D eigenvalue weighted by Gasteiger charge is -2.24. The molecule has 0 heterocycles. The molecule has 6 heteroatoms. The molecule has 0 aliphatic rings. The first-order valence-electron chi connectivity index (χ1n) is 9.00. The van der Waals surface area contributed by atoms with E-state index in [2.05, 4.69) is 5.32 Å². The second-order valence-electron chi connectivity index (χ2n) is 6.22. The molecule has 0 fully saturated rings. The van der Waals surface area contributed by atoms with Crippen LogP contribution in [-0.4, -0.2) is 25.7 Å². The second-order valence-corrected chi connectivity index (χ2v) is 6.22. The van der Waals surface area contributed by atoms with Gasteiger partial charge in [-0.15, -0.1) is 12.4 Å². The summed E-state index contributed by atoms with van der Waals surface area (Å²) in [4.78, 5) is 12.5. The second kappa shape index (κ2) is 10.8. The summed E-state index contributed by atoms with van der Waals surface area (Å²) in [5, 5.41) is 2.93. The molecule has 3 N–H and O–H groups in total. The quantitative estimate of drug-likeness (QED) is 0.685. The van der Waals surface area contributed by atoms with Crippen LogP contribution in [0.1, 0.15) is 31.9 Å². The van der Waals surface area contributed by atoms with Crippen LogP contribution in [-0.2, 0) is 16.8 Å². The van der Waals surface area contributed by atoms with E-state index in [-0.39, 0.29) is 18.3 Å². The maximum absolute atomic E-state index is 12.5. The molecule has 0 bridgehead atoms. The number of amides is 1. The van der Waals surface area contributed by atoms with Crippen LogP contribution in [0.15, 0.2) is 48.5 Å². The highest BCUT2D eigenvalue weighted by Gasteiger charge is 2.29. The van der Waals surface area contributed by atoms with E-state index in [0.717, 1.165) is 22.6 Å². The summed E-state index contributed by atoms with van der Waals surface area (Å²) in [6, 6.07) is 15.2. The maximum Gasteiger partial charge on any atom is 0.244 e. The van der Waals surface area contributed by atoms with Gasteiger partial charge in [0.1, 0.15) is 5.54 Å². The lowest BCUT2D eigenvalue weighted by Crippen LogP contribution is -2.49. The van der Waals surface area contributed by atoms with Crippen molar-refractivity contribution < 1.29 is 14.3 Å². The fraction of sp³-hybridized carbons (Fsp3) is 0.381. The van der Waals surface area contributed by atoms with Gasteiger partial charge in [-0.25, -0.2) is 0 Å². The third-order valence-electron chi connectivity index (χ3n) is 4.15. The third-order valence-corrected chi connectivity index (χ3v) is 4.15. The Balaban J connectivity index is 0.00000364. The van der Waals surface area contributed by atoms with E-state index in [1.165, 1.54) is 0 Å². The Kier molecular flexibility index (Phi) is 9.12. The zero-order chi connectivity index (χ0) is 19.0. The molecule has 5 nitrogen and oxygen atoms in total. The fourth-order valence-electron chi connectivity index (χ4n) is 2.67. The first-order chi connectivity index (χ1) is 12.5. The molecular weight excluding hydrogens is 364 g/mol. The summed E-state index contributed by atoms with van der Waals surface area (Å²) >= 11 is 0. The summed E-state index contributed by atoms with van der Waals surface area (Å²) in [5.41, 5.74) is 7.02. The molecule has 0 saturated carbocycles. The zero-order valence-electron chi connectivity index (χ0n) is 16.2. The summed E-state index contributed by atoms with van der Waals surface area (Å²) in [6.07, 6.45) is 0.684. The standard InChI is InChI=1S/C21H28N2O3.ClH/c1-4-25-18-12-11-16(15-19(18)26-5-2)13-14-23-20(24)21(3,22)17-9-7-6-8-10-17;/h6-12,15H,4-5,13-14,22H2,1-3H3,(H,23,24);1H. The Hall–Kier alpha value is -2.24. The molecule has 0 aromatic heterocycles. The van der Waals surface area contributed by atoms with Crippen LogP contribution in [0.3, 0.4) is 0 Å². The van der Waals surface area contributed by atoms with Crippen LogP contribution >= 0.6 is 12.4 Å². The number of hydrogen-bond acceptors (Lipinski definition) is 4. The Morgan fingerprint density at radius 3 is 2.30 bits per heavy atom. The van der Waals surface area contributed by atoms with Crippen LogP contribution in [0.2, 0.25) is 0 Å². The summed E-state index contributed by atoms with van der Waals surface area (Å²) < 4.78 is 11.2.